The zero-order valence-corrected chi connectivity index (χ0v) is 15.8. The molecule has 0 bridgehead atoms. The Balaban J connectivity index is 1.97. The van der Waals surface area contributed by atoms with Gasteiger partial charge in [-0.1, -0.05) is 12.1 Å². The number of nitrogens with one attached hydrogen (secondary N) is 1. The molecule has 7 nitrogen and oxygen atoms in total. The second kappa shape index (κ2) is 7.63. The molecular formula is C19H18N2O5S. The van der Waals surface area contributed by atoms with Gasteiger partial charge < -0.3 is 19.6 Å². The molecule has 140 valence electrons. The SMILES string of the molecule is CCOC(=O)c1sc2nc(C=Cc3ccc(OC)c(O)c3)[nH]c(=O)c2c1C. The summed E-state index contributed by atoms with van der Waals surface area (Å²) in [5.74, 6) is 0.285. The van der Waals surface area contributed by atoms with Crippen molar-refractivity contribution in [1.82, 2.24) is 9.97 Å². The Bertz CT molecular complexity index is 1100. The standard InChI is InChI=1S/C19H18N2O5S/c1-4-26-19(24)16-10(2)15-17(23)20-14(21-18(15)27-16)8-6-11-5-7-13(25-3)12(22)9-11/h5-9,22H,4H2,1-3H3,(H,20,21,23). The fourth-order valence-electron chi connectivity index (χ4n) is 2.62. The summed E-state index contributed by atoms with van der Waals surface area (Å²) in [6, 6.07) is 4.95. The number of methoxy groups -OCH3 is 1. The monoisotopic (exact) mass is 386 g/mol. The van der Waals surface area contributed by atoms with Gasteiger partial charge in [-0.15, -0.1) is 11.3 Å². The van der Waals surface area contributed by atoms with Gasteiger partial charge in [0.1, 0.15) is 15.5 Å². The van der Waals surface area contributed by atoms with Crippen LogP contribution in [0, 0.1) is 6.92 Å². The number of aryl methyl sites for hydroxylation is 1. The number of thiophene rings is 1. The van der Waals surface area contributed by atoms with E-state index in [0.29, 0.717) is 37.8 Å². The molecule has 0 fully saturated rings. The fourth-order valence-corrected chi connectivity index (χ4v) is 3.70. The van der Waals surface area contributed by atoms with Crippen LogP contribution in [0.2, 0.25) is 0 Å². The Morgan fingerprint density at radius 2 is 2.15 bits per heavy atom. The minimum atomic E-state index is -0.455. The number of benzene rings is 1. The summed E-state index contributed by atoms with van der Waals surface area (Å²) >= 11 is 1.13. The Hall–Kier alpha value is -3.13. The Kier molecular flexibility index (Phi) is 5.27. The van der Waals surface area contributed by atoms with Crippen LogP contribution >= 0.6 is 11.3 Å². The molecule has 3 aromatic rings. The van der Waals surface area contributed by atoms with E-state index >= 15 is 0 Å². The van der Waals surface area contributed by atoms with Gasteiger partial charge >= 0.3 is 5.97 Å². The highest BCUT2D eigenvalue weighted by Gasteiger charge is 2.19. The number of hydrogen-bond donors (Lipinski definition) is 2. The van der Waals surface area contributed by atoms with Crippen molar-refractivity contribution in [2.75, 3.05) is 13.7 Å². The molecule has 0 aliphatic heterocycles. The van der Waals surface area contributed by atoms with E-state index < -0.39 is 5.97 Å². The van der Waals surface area contributed by atoms with Gasteiger partial charge in [-0.2, -0.15) is 0 Å². The second-order valence-electron chi connectivity index (χ2n) is 5.67. The van der Waals surface area contributed by atoms with E-state index in [0.717, 1.165) is 11.3 Å². The molecule has 0 spiro atoms. The van der Waals surface area contributed by atoms with Crippen molar-refractivity contribution < 1.29 is 19.4 Å². The van der Waals surface area contributed by atoms with Gasteiger partial charge in [-0.3, -0.25) is 4.79 Å². The molecule has 0 radical (unpaired) electrons. The highest BCUT2D eigenvalue weighted by Crippen LogP contribution is 2.29. The van der Waals surface area contributed by atoms with Crippen LogP contribution in [-0.4, -0.2) is 34.8 Å². The lowest BCUT2D eigenvalue weighted by Crippen LogP contribution is -2.10. The normalized spacial score (nSPS) is 11.2. The third kappa shape index (κ3) is 3.70. The zero-order chi connectivity index (χ0) is 19.6. The highest BCUT2D eigenvalue weighted by atomic mass is 32.1. The topological polar surface area (TPSA) is 102 Å². The first-order chi connectivity index (χ1) is 12.9. The number of carbonyl (C=O) groups excluding carboxylic acids is 1. The zero-order valence-electron chi connectivity index (χ0n) is 15.0. The van der Waals surface area contributed by atoms with Crippen LogP contribution in [0.3, 0.4) is 0 Å². The van der Waals surface area contributed by atoms with Gasteiger partial charge in [0.25, 0.3) is 5.56 Å². The van der Waals surface area contributed by atoms with E-state index in [-0.39, 0.29) is 17.9 Å². The van der Waals surface area contributed by atoms with Crippen molar-refractivity contribution in [3.8, 4) is 11.5 Å². The first-order valence-electron chi connectivity index (χ1n) is 8.20. The Morgan fingerprint density at radius 1 is 1.37 bits per heavy atom. The molecule has 0 atom stereocenters. The number of rotatable bonds is 5. The molecule has 2 aromatic heterocycles. The highest BCUT2D eigenvalue weighted by molar-refractivity contribution is 7.20. The predicted octanol–water partition coefficient (Wildman–Crippen LogP) is 3.35. The average molecular weight is 386 g/mol. The number of phenols is 1. The van der Waals surface area contributed by atoms with E-state index in [9.17, 15) is 14.7 Å². The number of ether oxygens (including phenoxy) is 2. The van der Waals surface area contributed by atoms with E-state index in [4.69, 9.17) is 9.47 Å². The molecule has 0 amide bonds. The van der Waals surface area contributed by atoms with E-state index in [1.54, 1.807) is 44.2 Å². The summed E-state index contributed by atoms with van der Waals surface area (Å²) in [7, 11) is 1.47. The van der Waals surface area contributed by atoms with Gasteiger partial charge in [-0.05, 0) is 43.2 Å². The Morgan fingerprint density at radius 3 is 2.81 bits per heavy atom. The number of nitrogens with zero attached hydrogens (tertiary/aromatic N) is 1. The summed E-state index contributed by atoms with van der Waals surface area (Å²) in [4.78, 5) is 32.4. The Labute approximate surface area is 158 Å². The van der Waals surface area contributed by atoms with Crippen LogP contribution < -0.4 is 10.3 Å². The third-order valence-electron chi connectivity index (χ3n) is 3.92. The van der Waals surface area contributed by atoms with Gasteiger partial charge in [0, 0.05) is 0 Å². The minimum absolute atomic E-state index is 0.0181. The average Bonchev–Trinajstić information content (AvgIpc) is 2.97. The number of phenolic OH excluding ortho intramolecular Hbond substituents is 1. The summed E-state index contributed by atoms with van der Waals surface area (Å²) in [6.45, 7) is 3.70. The minimum Gasteiger partial charge on any atom is -0.504 e. The summed E-state index contributed by atoms with van der Waals surface area (Å²) in [5.41, 5.74) is 0.963. The van der Waals surface area contributed by atoms with Gasteiger partial charge in [0.2, 0.25) is 0 Å². The number of aromatic hydroxyl groups is 1. The number of esters is 1. The molecule has 2 N–H and O–H groups in total. The molecule has 27 heavy (non-hydrogen) atoms. The van der Waals surface area contributed by atoms with Gasteiger partial charge in [0.15, 0.2) is 11.5 Å². The molecule has 0 unspecified atom stereocenters. The first-order valence-corrected chi connectivity index (χ1v) is 9.01. The van der Waals surface area contributed by atoms with Crippen molar-refractivity contribution in [2.24, 2.45) is 0 Å². The van der Waals surface area contributed by atoms with E-state index in [1.807, 2.05) is 0 Å². The number of fused-ring (bicyclic) bond motifs is 1. The van der Waals surface area contributed by atoms with Crippen molar-refractivity contribution >= 4 is 39.7 Å². The maximum atomic E-state index is 12.4. The number of aromatic amines is 1. The lowest BCUT2D eigenvalue weighted by molar-refractivity contribution is 0.0531. The quantitative estimate of drug-likeness (QED) is 0.652. The van der Waals surface area contributed by atoms with Crippen molar-refractivity contribution in [3.05, 3.63) is 50.4 Å². The van der Waals surface area contributed by atoms with Crippen LogP contribution in [0.5, 0.6) is 11.5 Å². The molecule has 2 heterocycles. The molecule has 3 rings (SSSR count). The number of aromatic nitrogens is 2. The lowest BCUT2D eigenvalue weighted by Gasteiger charge is -2.03. The summed E-state index contributed by atoms with van der Waals surface area (Å²) in [5, 5.41) is 10.2. The maximum Gasteiger partial charge on any atom is 0.348 e. The molecule has 0 aliphatic carbocycles. The second-order valence-corrected chi connectivity index (χ2v) is 6.67. The van der Waals surface area contributed by atoms with Crippen molar-refractivity contribution in [1.29, 1.82) is 0 Å². The third-order valence-corrected chi connectivity index (χ3v) is 5.08. The van der Waals surface area contributed by atoms with Crippen LogP contribution in [0.25, 0.3) is 22.4 Å². The van der Waals surface area contributed by atoms with E-state index in [1.165, 1.54) is 7.11 Å². The van der Waals surface area contributed by atoms with Crippen LogP contribution in [0.4, 0.5) is 0 Å². The maximum absolute atomic E-state index is 12.4. The summed E-state index contributed by atoms with van der Waals surface area (Å²) in [6.07, 6.45) is 3.33. The first kappa shape index (κ1) is 18.7. The smallest absolute Gasteiger partial charge is 0.348 e. The number of hydrogen-bond acceptors (Lipinski definition) is 7. The van der Waals surface area contributed by atoms with Crippen molar-refractivity contribution in [2.45, 2.75) is 13.8 Å². The van der Waals surface area contributed by atoms with Crippen LogP contribution in [0.1, 0.15) is 33.5 Å². The molecule has 8 heteroatoms. The van der Waals surface area contributed by atoms with Crippen LogP contribution in [-0.2, 0) is 4.74 Å². The lowest BCUT2D eigenvalue weighted by atomic mass is 10.2. The molecule has 0 saturated carbocycles. The molecule has 1 aromatic carbocycles. The number of carbonyl (C=O) groups is 1. The van der Waals surface area contributed by atoms with Crippen molar-refractivity contribution in [3.63, 3.8) is 0 Å². The fraction of sp³-hybridized carbons (Fsp3) is 0.211. The predicted molar refractivity (Wildman–Crippen MR) is 105 cm³/mol. The van der Waals surface area contributed by atoms with E-state index in [2.05, 4.69) is 9.97 Å². The molecule has 0 aliphatic rings. The van der Waals surface area contributed by atoms with Crippen LogP contribution in [0.15, 0.2) is 23.0 Å². The number of H-pyrrole nitrogens is 1. The summed E-state index contributed by atoms with van der Waals surface area (Å²) < 4.78 is 10.0. The molecular weight excluding hydrogens is 368 g/mol. The van der Waals surface area contributed by atoms with Gasteiger partial charge in [0.05, 0.1) is 19.1 Å². The van der Waals surface area contributed by atoms with Gasteiger partial charge in [-0.25, -0.2) is 9.78 Å². The molecule has 0 saturated heterocycles. The largest absolute Gasteiger partial charge is 0.504 e.